The average Bonchev–Trinajstić information content (AvgIpc) is 3.74. The third-order valence-corrected chi connectivity index (χ3v) is 8.88. The Morgan fingerprint density at radius 2 is 1.55 bits per heavy atom. The Labute approximate surface area is 257 Å². The van der Waals surface area contributed by atoms with Gasteiger partial charge in [0.15, 0.2) is 0 Å². The van der Waals surface area contributed by atoms with Crippen molar-refractivity contribution >= 4 is 11.8 Å². The molecule has 1 aromatic carbocycles. The number of aryl methyl sites for hydroxylation is 2. The van der Waals surface area contributed by atoms with Crippen molar-refractivity contribution in [1.29, 1.82) is 0 Å². The number of benzene rings is 1. The van der Waals surface area contributed by atoms with Crippen LogP contribution in [0, 0.1) is 0 Å². The monoisotopic (exact) mass is 596 g/mol. The zero-order chi connectivity index (χ0) is 30.7. The Morgan fingerprint density at radius 3 is 2.20 bits per heavy atom. The lowest BCUT2D eigenvalue weighted by molar-refractivity contribution is 0.0223. The lowest BCUT2D eigenvalue weighted by Gasteiger charge is -2.30. The summed E-state index contributed by atoms with van der Waals surface area (Å²) in [6.45, 7) is 8.44. The molecule has 44 heavy (non-hydrogen) atoms. The van der Waals surface area contributed by atoms with Crippen molar-refractivity contribution in [3.05, 3.63) is 58.8 Å². The molecule has 3 aliphatic rings. The zero-order valence-corrected chi connectivity index (χ0v) is 26.4. The van der Waals surface area contributed by atoms with E-state index >= 15 is 0 Å². The highest BCUT2D eigenvalue weighted by atomic mass is 16.6. The SMILES string of the molecule is COc1ncnc(C2CC2)c1-c1nn(C)c2c1CN(c1ccc(-c3nn(C)c4c3CN(C(=O)OC(C)(C)C)CC4)cc1)CC2. The number of methoxy groups -OCH3 is 1. The van der Waals surface area contributed by atoms with Crippen LogP contribution in [0.25, 0.3) is 22.5 Å². The van der Waals surface area contributed by atoms with Crippen molar-refractivity contribution in [3.8, 4) is 28.4 Å². The van der Waals surface area contributed by atoms with Gasteiger partial charge < -0.3 is 19.3 Å². The van der Waals surface area contributed by atoms with E-state index in [1.807, 2.05) is 44.2 Å². The fourth-order valence-electron chi connectivity index (χ4n) is 6.58. The fraction of sp³-hybridized carbons (Fsp3) is 0.485. The second kappa shape index (κ2) is 10.6. The maximum atomic E-state index is 12.8. The van der Waals surface area contributed by atoms with E-state index in [4.69, 9.17) is 19.7 Å². The van der Waals surface area contributed by atoms with Crippen molar-refractivity contribution in [2.75, 3.05) is 25.1 Å². The molecule has 0 radical (unpaired) electrons. The molecule has 1 saturated carbocycles. The number of nitrogens with zero attached hydrogens (tertiary/aromatic N) is 8. The molecule has 0 spiro atoms. The number of ether oxygens (including phenoxy) is 2. The predicted octanol–water partition coefficient (Wildman–Crippen LogP) is 5.02. The Kier molecular flexibility index (Phi) is 6.86. The van der Waals surface area contributed by atoms with E-state index in [0.717, 1.165) is 78.2 Å². The summed E-state index contributed by atoms with van der Waals surface area (Å²) in [7, 11) is 5.68. The fourth-order valence-corrected chi connectivity index (χ4v) is 6.58. The molecule has 2 aliphatic heterocycles. The second-order valence-electron chi connectivity index (χ2n) is 13.1. The number of hydrogen-bond donors (Lipinski definition) is 0. The zero-order valence-electron chi connectivity index (χ0n) is 26.4. The largest absolute Gasteiger partial charge is 0.480 e. The van der Waals surface area contributed by atoms with Gasteiger partial charge in [0.2, 0.25) is 5.88 Å². The summed E-state index contributed by atoms with van der Waals surface area (Å²) < 4.78 is 15.3. The van der Waals surface area contributed by atoms with E-state index in [1.54, 1.807) is 18.3 Å². The van der Waals surface area contributed by atoms with Crippen LogP contribution in [0.3, 0.4) is 0 Å². The maximum absolute atomic E-state index is 12.8. The van der Waals surface area contributed by atoms with Gasteiger partial charge in [-0.15, -0.1) is 0 Å². The summed E-state index contributed by atoms with van der Waals surface area (Å²) in [6, 6.07) is 8.63. The number of aromatic nitrogens is 6. The molecule has 1 amide bonds. The van der Waals surface area contributed by atoms with E-state index in [9.17, 15) is 4.79 Å². The van der Waals surface area contributed by atoms with Crippen LogP contribution in [0.2, 0.25) is 0 Å². The van der Waals surface area contributed by atoms with E-state index in [1.165, 1.54) is 17.0 Å². The Balaban J connectivity index is 1.15. The first-order valence-electron chi connectivity index (χ1n) is 15.4. The number of rotatable bonds is 5. The number of carbonyl (C=O) groups is 1. The highest BCUT2D eigenvalue weighted by molar-refractivity contribution is 5.74. The van der Waals surface area contributed by atoms with Gasteiger partial charge in [-0.1, -0.05) is 12.1 Å². The summed E-state index contributed by atoms with van der Waals surface area (Å²) >= 11 is 0. The first-order chi connectivity index (χ1) is 21.1. The van der Waals surface area contributed by atoms with Crippen LogP contribution in [-0.4, -0.2) is 66.3 Å². The first kappa shape index (κ1) is 28.4. The first-order valence-corrected chi connectivity index (χ1v) is 15.4. The van der Waals surface area contributed by atoms with E-state index < -0.39 is 5.60 Å². The Bertz CT molecular complexity index is 1730. The predicted molar refractivity (Wildman–Crippen MR) is 167 cm³/mol. The number of amides is 1. The van der Waals surface area contributed by atoms with Crippen molar-refractivity contribution in [3.63, 3.8) is 0 Å². The van der Waals surface area contributed by atoms with Crippen molar-refractivity contribution in [1.82, 2.24) is 34.4 Å². The molecule has 11 nitrogen and oxygen atoms in total. The second-order valence-corrected chi connectivity index (χ2v) is 13.1. The molecular weight excluding hydrogens is 556 g/mol. The lowest BCUT2D eigenvalue weighted by Crippen LogP contribution is -2.40. The minimum atomic E-state index is -0.531. The summed E-state index contributed by atoms with van der Waals surface area (Å²) in [4.78, 5) is 26.2. The molecular formula is C33H40N8O3. The van der Waals surface area contributed by atoms with Gasteiger partial charge in [-0.05, 0) is 45.7 Å². The quantitative estimate of drug-likeness (QED) is 0.317. The highest BCUT2D eigenvalue weighted by Gasteiger charge is 2.35. The standard InChI is InChI=1S/C33H40N8O3/c1-33(2,3)44-32(42)41-16-14-25-23(18-41)28(36-38(25)4)20-9-11-22(12-10-20)40-15-13-26-24(17-40)30(37-39(26)5)27-29(21-7-8-21)34-19-35-31(27)43-6/h9-12,19,21H,7-8,13-18H2,1-6H3. The lowest BCUT2D eigenvalue weighted by atomic mass is 9.98. The van der Waals surface area contributed by atoms with Crippen LogP contribution in [0.1, 0.15) is 67.7 Å². The minimum Gasteiger partial charge on any atom is -0.480 e. The molecule has 0 bridgehead atoms. The molecule has 1 fully saturated rings. The van der Waals surface area contributed by atoms with Gasteiger partial charge in [-0.2, -0.15) is 10.2 Å². The summed E-state index contributed by atoms with van der Waals surface area (Å²) in [6.07, 6.45) is 5.24. The number of fused-ring (bicyclic) bond motifs is 2. The molecule has 0 unspecified atom stereocenters. The maximum Gasteiger partial charge on any atom is 0.410 e. The summed E-state index contributed by atoms with van der Waals surface area (Å²) in [5, 5.41) is 9.87. The molecule has 4 aromatic rings. The third kappa shape index (κ3) is 5.07. The van der Waals surface area contributed by atoms with Gasteiger partial charge in [-0.25, -0.2) is 14.8 Å². The minimum absolute atomic E-state index is 0.281. The van der Waals surface area contributed by atoms with Gasteiger partial charge in [-0.3, -0.25) is 9.36 Å². The number of hydrogen-bond acceptors (Lipinski definition) is 8. The smallest absolute Gasteiger partial charge is 0.410 e. The van der Waals surface area contributed by atoms with Gasteiger partial charge in [0.25, 0.3) is 0 Å². The molecule has 7 rings (SSSR count). The van der Waals surface area contributed by atoms with Crippen LogP contribution in [0.5, 0.6) is 5.88 Å². The van der Waals surface area contributed by atoms with Crippen LogP contribution in [0.15, 0.2) is 30.6 Å². The van der Waals surface area contributed by atoms with E-state index in [0.29, 0.717) is 24.9 Å². The number of carbonyl (C=O) groups excluding carboxylic acids is 1. The van der Waals surface area contributed by atoms with Gasteiger partial charge in [0.1, 0.15) is 17.6 Å². The molecule has 0 atom stereocenters. The van der Waals surface area contributed by atoms with Crippen molar-refractivity contribution in [2.24, 2.45) is 14.1 Å². The van der Waals surface area contributed by atoms with Gasteiger partial charge in [0.05, 0.1) is 30.6 Å². The third-order valence-electron chi connectivity index (χ3n) is 8.88. The molecule has 230 valence electrons. The molecule has 0 N–H and O–H groups in total. The van der Waals surface area contributed by atoms with Crippen molar-refractivity contribution < 1.29 is 14.3 Å². The molecule has 5 heterocycles. The molecule has 3 aromatic heterocycles. The van der Waals surface area contributed by atoms with Crippen LogP contribution >= 0.6 is 0 Å². The van der Waals surface area contributed by atoms with Crippen LogP contribution < -0.4 is 9.64 Å². The van der Waals surface area contributed by atoms with Crippen LogP contribution in [0.4, 0.5) is 10.5 Å². The van der Waals surface area contributed by atoms with Crippen LogP contribution in [-0.2, 0) is 44.8 Å². The molecule has 1 aliphatic carbocycles. The molecule has 0 saturated heterocycles. The molecule has 11 heteroatoms. The topological polar surface area (TPSA) is 103 Å². The number of anilines is 1. The van der Waals surface area contributed by atoms with Crippen molar-refractivity contribution in [2.45, 2.75) is 71.1 Å². The van der Waals surface area contributed by atoms with Gasteiger partial charge in [0, 0.05) is 86.3 Å². The Morgan fingerprint density at radius 1 is 0.886 bits per heavy atom. The highest BCUT2D eigenvalue weighted by Crippen LogP contribution is 2.47. The summed E-state index contributed by atoms with van der Waals surface area (Å²) in [5.41, 5.74) is 10.2. The van der Waals surface area contributed by atoms with E-state index in [2.05, 4.69) is 39.1 Å². The van der Waals surface area contributed by atoms with E-state index in [-0.39, 0.29) is 6.09 Å². The normalized spacial score (nSPS) is 16.5. The average molecular weight is 597 g/mol. The Hall–Kier alpha value is -4.41. The summed E-state index contributed by atoms with van der Waals surface area (Å²) in [5.74, 6) is 1.04. The van der Waals surface area contributed by atoms with Gasteiger partial charge >= 0.3 is 6.09 Å².